The van der Waals surface area contributed by atoms with E-state index in [1.54, 1.807) is 0 Å². The molecule has 4 nitrogen and oxygen atoms in total. The molecule has 1 aliphatic rings. The van der Waals surface area contributed by atoms with E-state index in [0.29, 0.717) is 0 Å². The van der Waals surface area contributed by atoms with Crippen LogP contribution in [0.15, 0.2) is 54.6 Å². The third-order valence-corrected chi connectivity index (χ3v) is 6.37. The molecule has 1 heterocycles. The van der Waals surface area contributed by atoms with Crippen molar-refractivity contribution in [3.63, 3.8) is 0 Å². The predicted molar refractivity (Wildman–Crippen MR) is 92.8 cm³/mol. The van der Waals surface area contributed by atoms with E-state index < -0.39 is 33.6 Å². The van der Waals surface area contributed by atoms with E-state index in [-0.39, 0.29) is 24.6 Å². The van der Waals surface area contributed by atoms with Crippen LogP contribution in [0.5, 0.6) is 0 Å². The first kappa shape index (κ1) is 18.9. The zero-order chi connectivity index (χ0) is 18.9. The predicted octanol–water partition coefficient (Wildman–Crippen LogP) is 2.96. The highest BCUT2D eigenvalue weighted by atomic mass is 32.2. The van der Waals surface area contributed by atoms with Gasteiger partial charge in [0.25, 0.3) is 0 Å². The molecule has 0 aromatic heterocycles. The molecule has 2 N–H and O–H groups in total. The van der Waals surface area contributed by atoms with Crippen molar-refractivity contribution in [1.82, 2.24) is 4.31 Å². The molecular formula is C18H19F3N2O2S. The molecule has 2 aromatic rings. The molecule has 1 fully saturated rings. The highest BCUT2D eigenvalue weighted by Gasteiger charge is 2.39. The smallest absolute Gasteiger partial charge is 0.326 e. The minimum Gasteiger partial charge on any atom is -0.326 e. The molecule has 3 rings (SSSR count). The van der Waals surface area contributed by atoms with Gasteiger partial charge in [-0.25, -0.2) is 8.42 Å². The van der Waals surface area contributed by atoms with Crippen LogP contribution in [0.3, 0.4) is 0 Å². The van der Waals surface area contributed by atoms with E-state index in [9.17, 15) is 21.6 Å². The standard InChI is InChI=1S/C18H19F3N2O2S/c19-18(20,21)16-9-5-4-8-14(16)12-26(24,25)23-10-15(17(22)11-23)13-6-2-1-3-7-13/h1-9,15,17H,10-12,22H2/t15-,17+/m0/s1. The Morgan fingerprint density at radius 1 is 1.00 bits per heavy atom. The van der Waals surface area contributed by atoms with E-state index >= 15 is 0 Å². The summed E-state index contributed by atoms with van der Waals surface area (Å²) in [6.45, 7) is 0.262. The van der Waals surface area contributed by atoms with Crippen LogP contribution in [0.2, 0.25) is 0 Å². The Hall–Kier alpha value is -1.90. The molecule has 0 radical (unpaired) electrons. The van der Waals surface area contributed by atoms with Crippen molar-refractivity contribution in [2.75, 3.05) is 13.1 Å². The lowest BCUT2D eigenvalue weighted by Gasteiger charge is -2.18. The van der Waals surface area contributed by atoms with Gasteiger partial charge >= 0.3 is 6.18 Å². The average Bonchev–Trinajstić information content (AvgIpc) is 2.98. The van der Waals surface area contributed by atoms with Crippen LogP contribution >= 0.6 is 0 Å². The SMILES string of the molecule is N[C@@H]1CN(S(=O)(=O)Cc2ccccc2C(F)(F)F)C[C@H]1c1ccccc1. The van der Waals surface area contributed by atoms with E-state index in [1.807, 2.05) is 30.3 Å². The molecule has 0 unspecified atom stereocenters. The Balaban J connectivity index is 1.82. The molecule has 2 atom stereocenters. The summed E-state index contributed by atoms with van der Waals surface area (Å²) < 4.78 is 66.0. The fourth-order valence-corrected chi connectivity index (χ4v) is 4.90. The van der Waals surface area contributed by atoms with Crippen LogP contribution < -0.4 is 5.73 Å². The Kier molecular flexibility index (Phi) is 5.09. The number of hydrogen-bond donors (Lipinski definition) is 1. The number of nitrogens with two attached hydrogens (primary N) is 1. The number of halogens is 3. The summed E-state index contributed by atoms with van der Waals surface area (Å²) >= 11 is 0. The van der Waals surface area contributed by atoms with Gasteiger partial charge in [0.1, 0.15) is 0 Å². The van der Waals surface area contributed by atoms with E-state index in [4.69, 9.17) is 5.73 Å². The van der Waals surface area contributed by atoms with Crippen LogP contribution in [0.4, 0.5) is 13.2 Å². The first-order valence-electron chi connectivity index (χ1n) is 8.12. The lowest BCUT2D eigenvalue weighted by molar-refractivity contribution is -0.138. The Morgan fingerprint density at radius 2 is 1.62 bits per heavy atom. The van der Waals surface area contributed by atoms with E-state index in [2.05, 4.69) is 0 Å². The Bertz CT molecular complexity index is 870. The quantitative estimate of drug-likeness (QED) is 0.882. The van der Waals surface area contributed by atoms with Crippen molar-refractivity contribution < 1.29 is 21.6 Å². The number of sulfonamides is 1. The van der Waals surface area contributed by atoms with Crippen LogP contribution in [0, 0.1) is 0 Å². The maximum absolute atomic E-state index is 13.1. The zero-order valence-electron chi connectivity index (χ0n) is 13.9. The number of hydrogen-bond acceptors (Lipinski definition) is 3. The van der Waals surface area contributed by atoms with Crippen molar-refractivity contribution in [3.05, 3.63) is 71.3 Å². The lowest BCUT2D eigenvalue weighted by Crippen LogP contribution is -2.33. The van der Waals surface area contributed by atoms with Gasteiger partial charge in [-0.15, -0.1) is 0 Å². The summed E-state index contributed by atoms with van der Waals surface area (Å²) in [6.07, 6.45) is -4.60. The van der Waals surface area contributed by atoms with Gasteiger partial charge in [0, 0.05) is 25.0 Å². The topological polar surface area (TPSA) is 63.4 Å². The van der Waals surface area contributed by atoms with Gasteiger partial charge in [-0.2, -0.15) is 17.5 Å². The average molecular weight is 384 g/mol. The summed E-state index contributed by atoms with van der Waals surface area (Å²) in [7, 11) is -3.92. The largest absolute Gasteiger partial charge is 0.416 e. The third-order valence-electron chi connectivity index (χ3n) is 4.61. The fourth-order valence-electron chi connectivity index (χ4n) is 3.28. The highest BCUT2D eigenvalue weighted by molar-refractivity contribution is 7.88. The molecule has 1 saturated heterocycles. The van der Waals surface area contributed by atoms with Crippen molar-refractivity contribution in [1.29, 1.82) is 0 Å². The van der Waals surface area contributed by atoms with Crippen LogP contribution in [0.25, 0.3) is 0 Å². The molecule has 1 aliphatic heterocycles. The van der Waals surface area contributed by atoms with Gasteiger partial charge in [-0.1, -0.05) is 48.5 Å². The summed E-state index contributed by atoms with van der Waals surface area (Å²) in [6, 6.07) is 13.6. The highest BCUT2D eigenvalue weighted by Crippen LogP contribution is 2.34. The van der Waals surface area contributed by atoms with E-state index in [0.717, 1.165) is 11.6 Å². The second kappa shape index (κ2) is 7.02. The molecule has 0 spiro atoms. The second-order valence-corrected chi connectivity index (χ2v) is 8.38. The summed E-state index contributed by atoms with van der Waals surface area (Å²) in [5.74, 6) is -0.875. The molecular weight excluding hydrogens is 365 g/mol. The van der Waals surface area contributed by atoms with Crippen molar-refractivity contribution in [3.8, 4) is 0 Å². The molecule has 26 heavy (non-hydrogen) atoms. The lowest BCUT2D eigenvalue weighted by atomic mass is 9.95. The van der Waals surface area contributed by atoms with Crippen molar-refractivity contribution in [2.45, 2.75) is 23.9 Å². The number of benzene rings is 2. The van der Waals surface area contributed by atoms with Crippen LogP contribution in [0.1, 0.15) is 22.6 Å². The molecule has 0 aliphatic carbocycles. The first-order valence-corrected chi connectivity index (χ1v) is 9.73. The molecule has 140 valence electrons. The molecule has 0 saturated carbocycles. The second-order valence-electron chi connectivity index (χ2n) is 6.41. The molecule has 2 aromatic carbocycles. The summed E-state index contributed by atoms with van der Waals surface area (Å²) in [5, 5.41) is 0. The maximum Gasteiger partial charge on any atom is 0.416 e. The number of nitrogens with zero attached hydrogens (tertiary/aromatic N) is 1. The van der Waals surface area contributed by atoms with Gasteiger partial charge in [-0.3, -0.25) is 0 Å². The van der Waals surface area contributed by atoms with Gasteiger partial charge in [-0.05, 0) is 17.2 Å². The fraction of sp³-hybridized carbons (Fsp3) is 0.333. The van der Waals surface area contributed by atoms with E-state index in [1.165, 1.54) is 22.5 Å². The molecule has 0 amide bonds. The maximum atomic E-state index is 13.1. The van der Waals surface area contributed by atoms with Gasteiger partial charge in [0.2, 0.25) is 10.0 Å². The minimum absolute atomic E-state index is 0.0933. The van der Waals surface area contributed by atoms with Crippen molar-refractivity contribution in [2.24, 2.45) is 5.73 Å². The summed E-state index contributed by atoms with van der Waals surface area (Å²) in [4.78, 5) is 0. The van der Waals surface area contributed by atoms with Crippen LogP contribution in [-0.4, -0.2) is 31.9 Å². The minimum atomic E-state index is -4.60. The first-order chi connectivity index (χ1) is 12.2. The van der Waals surface area contributed by atoms with Crippen LogP contribution in [-0.2, 0) is 22.0 Å². The zero-order valence-corrected chi connectivity index (χ0v) is 14.7. The Labute approximate surface area is 150 Å². The monoisotopic (exact) mass is 384 g/mol. The molecule has 8 heteroatoms. The number of rotatable bonds is 4. The molecule has 0 bridgehead atoms. The normalized spacial score (nSPS) is 21.8. The summed E-state index contributed by atoms with van der Waals surface area (Å²) in [5.41, 5.74) is 5.85. The number of alkyl halides is 3. The third kappa shape index (κ3) is 3.92. The van der Waals surface area contributed by atoms with Gasteiger partial charge < -0.3 is 5.73 Å². The van der Waals surface area contributed by atoms with Gasteiger partial charge in [0.15, 0.2) is 0 Å². The Morgan fingerprint density at radius 3 is 2.27 bits per heavy atom. The van der Waals surface area contributed by atoms with Gasteiger partial charge in [0.05, 0.1) is 11.3 Å². The van der Waals surface area contributed by atoms with Crippen molar-refractivity contribution >= 4 is 10.0 Å².